The molecule has 1 heterocycles. The Kier molecular flexibility index (Phi) is 8.48. The number of carbonyl (C=O) groups is 3. The maximum atomic E-state index is 12.8. The van der Waals surface area contributed by atoms with E-state index in [9.17, 15) is 14.4 Å². The van der Waals surface area contributed by atoms with Crippen molar-refractivity contribution in [1.29, 1.82) is 0 Å². The van der Waals surface area contributed by atoms with Crippen molar-refractivity contribution < 1.29 is 23.9 Å². The highest BCUT2D eigenvalue weighted by atomic mass is 35.5. The van der Waals surface area contributed by atoms with Crippen LogP contribution in [0.5, 0.6) is 11.5 Å². The molecule has 0 spiro atoms. The predicted octanol–water partition coefficient (Wildman–Crippen LogP) is 4.25. The molecule has 9 nitrogen and oxygen atoms in total. The molecule has 1 aliphatic heterocycles. The van der Waals surface area contributed by atoms with Crippen molar-refractivity contribution >= 4 is 46.4 Å². The zero-order valence-corrected chi connectivity index (χ0v) is 21.0. The molecule has 0 unspecified atom stereocenters. The number of hydrogen-bond acceptors (Lipinski definition) is 6. The zero-order valence-electron chi connectivity index (χ0n) is 20.2. The van der Waals surface area contributed by atoms with E-state index in [1.165, 1.54) is 0 Å². The van der Waals surface area contributed by atoms with E-state index in [0.29, 0.717) is 34.5 Å². The summed E-state index contributed by atoms with van der Waals surface area (Å²) in [6, 6.07) is 21.0. The Morgan fingerprint density at radius 2 is 1.78 bits per heavy atom. The van der Waals surface area contributed by atoms with Gasteiger partial charge in [0, 0.05) is 29.4 Å². The van der Waals surface area contributed by atoms with E-state index in [4.69, 9.17) is 21.1 Å². The van der Waals surface area contributed by atoms with Crippen LogP contribution in [0, 0.1) is 5.92 Å². The molecule has 1 fully saturated rings. The SMILES string of the molecule is CCOc1ccc(NC(=O)COc2ccc(Cl)cc2NNC(=O)[C@@H]2CC(=O)N(c3ccccc3)C2)cc1. The summed E-state index contributed by atoms with van der Waals surface area (Å²) in [6.45, 7) is 2.47. The second-order valence-corrected chi connectivity index (χ2v) is 8.73. The Labute approximate surface area is 219 Å². The van der Waals surface area contributed by atoms with Crippen LogP contribution in [-0.2, 0) is 14.4 Å². The number of nitrogens with one attached hydrogen (secondary N) is 3. The van der Waals surface area contributed by atoms with E-state index in [2.05, 4.69) is 16.2 Å². The quantitative estimate of drug-likeness (QED) is 0.343. The largest absolute Gasteiger partial charge is 0.494 e. The van der Waals surface area contributed by atoms with Crippen LogP contribution in [0.1, 0.15) is 13.3 Å². The lowest BCUT2D eigenvalue weighted by atomic mass is 10.1. The van der Waals surface area contributed by atoms with E-state index in [1.54, 1.807) is 47.4 Å². The molecular weight excluding hydrogens is 496 g/mol. The third kappa shape index (κ3) is 6.92. The van der Waals surface area contributed by atoms with Crippen molar-refractivity contribution in [3.63, 3.8) is 0 Å². The van der Waals surface area contributed by atoms with Crippen molar-refractivity contribution in [3.8, 4) is 11.5 Å². The van der Waals surface area contributed by atoms with Crippen LogP contribution < -0.4 is 30.5 Å². The van der Waals surface area contributed by atoms with Gasteiger partial charge in [0.1, 0.15) is 11.5 Å². The number of rotatable bonds is 10. The lowest BCUT2D eigenvalue weighted by molar-refractivity contribution is -0.125. The molecule has 3 aromatic rings. The maximum Gasteiger partial charge on any atom is 0.262 e. The third-order valence-corrected chi connectivity index (χ3v) is 5.87. The number of amides is 3. The molecule has 37 heavy (non-hydrogen) atoms. The second kappa shape index (κ2) is 12.1. The molecular formula is C27H27ClN4O5. The average Bonchev–Trinajstić information content (AvgIpc) is 3.30. The molecule has 1 atom stereocenters. The first-order valence-corrected chi connectivity index (χ1v) is 12.2. The molecule has 192 valence electrons. The molecule has 4 rings (SSSR count). The summed E-state index contributed by atoms with van der Waals surface area (Å²) < 4.78 is 11.1. The highest BCUT2D eigenvalue weighted by Gasteiger charge is 2.35. The minimum atomic E-state index is -0.524. The van der Waals surface area contributed by atoms with Gasteiger partial charge >= 0.3 is 0 Å². The molecule has 10 heteroatoms. The Bertz CT molecular complexity index is 1250. The Morgan fingerprint density at radius 1 is 1.03 bits per heavy atom. The number of halogens is 1. The topological polar surface area (TPSA) is 109 Å². The number of carbonyl (C=O) groups excluding carboxylic acids is 3. The molecule has 0 saturated carbocycles. The van der Waals surface area contributed by atoms with Gasteiger partial charge in [0.2, 0.25) is 11.8 Å². The van der Waals surface area contributed by atoms with Gasteiger partial charge in [0.25, 0.3) is 5.91 Å². The van der Waals surface area contributed by atoms with E-state index in [0.717, 1.165) is 5.69 Å². The van der Waals surface area contributed by atoms with Crippen LogP contribution in [0.4, 0.5) is 17.1 Å². The number of hydrazine groups is 1. The summed E-state index contributed by atoms with van der Waals surface area (Å²) in [5.41, 5.74) is 7.17. The van der Waals surface area contributed by atoms with Gasteiger partial charge in [-0.05, 0) is 61.5 Å². The number of nitrogens with zero attached hydrogens (tertiary/aromatic N) is 1. The normalized spacial score (nSPS) is 14.7. The third-order valence-electron chi connectivity index (χ3n) is 5.63. The van der Waals surface area contributed by atoms with Gasteiger partial charge in [-0.15, -0.1) is 0 Å². The van der Waals surface area contributed by atoms with Crippen LogP contribution in [0.2, 0.25) is 5.02 Å². The van der Waals surface area contributed by atoms with Crippen molar-refractivity contribution in [2.45, 2.75) is 13.3 Å². The standard InChI is InChI=1S/C27H27ClN4O5/c1-2-36-22-11-9-20(10-12-22)29-25(33)17-37-24-13-8-19(28)15-23(24)30-31-27(35)18-14-26(34)32(16-18)21-6-4-3-5-7-21/h3-13,15,18,30H,2,14,16-17H2,1H3,(H,29,33)(H,31,35)/t18-/m1/s1. The summed E-state index contributed by atoms with van der Waals surface area (Å²) in [5, 5.41) is 3.16. The van der Waals surface area contributed by atoms with Gasteiger partial charge in [0.15, 0.2) is 6.61 Å². The fourth-order valence-corrected chi connectivity index (χ4v) is 4.01. The number of para-hydroxylation sites is 1. The van der Waals surface area contributed by atoms with Crippen LogP contribution in [0.25, 0.3) is 0 Å². The maximum absolute atomic E-state index is 12.8. The molecule has 1 saturated heterocycles. The Hall–Kier alpha value is -4.24. The van der Waals surface area contributed by atoms with Crippen molar-refractivity contribution in [2.75, 3.05) is 35.4 Å². The predicted molar refractivity (Wildman–Crippen MR) is 142 cm³/mol. The summed E-state index contributed by atoms with van der Waals surface area (Å²) in [7, 11) is 0. The Balaban J connectivity index is 1.31. The molecule has 3 aromatic carbocycles. The molecule has 0 aliphatic carbocycles. The van der Waals surface area contributed by atoms with Gasteiger partial charge in [-0.3, -0.25) is 25.2 Å². The fourth-order valence-electron chi connectivity index (χ4n) is 3.84. The zero-order chi connectivity index (χ0) is 26.2. The summed E-state index contributed by atoms with van der Waals surface area (Å²) in [6.07, 6.45) is 0.104. The molecule has 0 aromatic heterocycles. The highest BCUT2D eigenvalue weighted by molar-refractivity contribution is 6.31. The lowest BCUT2D eigenvalue weighted by Crippen LogP contribution is -2.36. The number of anilines is 3. The molecule has 0 bridgehead atoms. The summed E-state index contributed by atoms with van der Waals surface area (Å²) in [4.78, 5) is 39.2. The number of hydrogen-bond donors (Lipinski definition) is 3. The number of benzene rings is 3. The van der Waals surface area contributed by atoms with Gasteiger partial charge < -0.3 is 19.7 Å². The smallest absolute Gasteiger partial charge is 0.262 e. The first-order valence-electron chi connectivity index (χ1n) is 11.8. The van der Waals surface area contributed by atoms with Crippen LogP contribution in [-0.4, -0.2) is 37.5 Å². The van der Waals surface area contributed by atoms with Crippen LogP contribution in [0.15, 0.2) is 72.8 Å². The van der Waals surface area contributed by atoms with Gasteiger partial charge in [-0.25, -0.2) is 0 Å². The summed E-state index contributed by atoms with van der Waals surface area (Å²) in [5.74, 6) is -0.309. The van der Waals surface area contributed by atoms with E-state index in [-0.39, 0.29) is 37.3 Å². The lowest BCUT2D eigenvalue weighted by Gasteiger charge is -2.18. The van der Waals surface area contributed by atoms with E-state index in [1.807, 2.05) is 37.3 Å². The molecule has 3 N–H and O–H groups in total. The van der Waals surface area contributed by atoms with Gasteiger partial charge in [0.05, 0.1) is 18.2 Å². The van der Waals surface area contributed by atoms with E-state index >= 15 is 0 Å². The minimum absolute atomic E-state index is 0.104. The van der Waals surface area contributed by atoms with Crippen molar-refractivity contribution in [1.82, 2.24) is 5.43 Å². The highest BCUT2D eigenvalue weighted by Crippen LogP contribution is 2.28. The fraction of sp³-hybridized carbons (Fsp3) is 0.222. The first kappa shape index (κ1) is 25.8. The average molecular weight is 523 g/mol. The second-order valence-electron chi connectivity index (χ2n) is 8.29. The van der Waals surface area contributed by atoms with Crippen molar-refractivity contribution in [3.05, 3.63) is 77.8 Å². The van der Waals surface area contributed by atoms with E-state index < -0.39 is 5.92 Å². The molecule has 3 amide bonds. The molecule has 0 radical (unpaired) electrons. The monoisotopic (exact) mass is 522 g/mol. The minimum Gasteiger partial charge on any atom is -0.494 e. The van der Waals surface area contributed by atoms with Gasteiger partial charge in [-0.2, -0.15) is 0 Å². The van der Waals surface area contributed by atoms with Crippen LogP contribution in [0.3, 0.4) is 0 Å². The van der Waals surface area contributed by atoms with Gasteiger partial charge in [-0.1, -0.05) is 29.8 Å². The number of ether oxygens (including phenoxy) is 2. The summed E-state index contributed by atoms with van der Waals surface area (Å²) >= 11 is 6.12. The first-order chi connectivity index (χ1) is 17.9. The van der Waals surface area contributed by atoms with Crippen LogP contribution >= 0.6 is 11.6 Å². The van der Waals surface area contributed by atoms with Crippen molar-refractivity contribution in [2.24, 2.45) is 5.92 Å². The molecule has 1 aliphatic rings. The Morgan fingerprint density at radius 3 is 2.51 bits per heavy atom.